The Labute approximate surface area is 198 Å². The van der Waals surface area contributed by atoms with Crippen molar-refractivity contribution < 1.29 is 4.52 Å². The van der Waals surface area contributed by atoms with Gasteiger partial charge in [-0.3, -0.25) is 14.3 Å². The second-order valence-corrected chi connectivity index (χ2v) is 7.92. The van der Waals surface area contributed by atoms with E-state index in [4.69, 9.17) is 4.52 Å². The number of hydrogen-bond acceptors (Lipinski definition) is 8. The van der Waals surface area contributed by atoms with E-state index in [0.29, 0.717) is 34.4 Å². The highest BCUT2D eigenvalue weighted by atomic mass is 16.5. The van der Waals surface area contributed by atoms with Crippen molar-refractivity contribution in [1.29, 1.82) is 0 Å². The Morgan fingerprint density at radius 1 is 0.971 bits per heavy atom. The molecule has 0 aliphatic rings. The largest absolute Gasteiger partial charge is 0.339 e. The predicted octanol–water partition coefficient (Wildman–Crippen LogP) is 3.52. The number of pyridine rings is 2. The zero-order valence-corrected chi connectivity index (χ0v) is 18.6. The Morgan fingerprint density at radius 2 is 1.89 bits per heavy atom. The van der Waals surface area contributed by atoms with E-state index in [1.54, 1.807) is 37.9 Å². The maximum absolute atomic E-state index is 12.7. The van der Waals surface area contributed by atoms with Crippen molar-refractivity contribution in [2.75, 3.05) is 0 Å². The van der Waals surface area contributed by atoms with E-state index in [1.165, 1.54) is 0 Å². The van der Waals surface area contributed by atoms with Gasteiger partial charge in [0.05, 0.1) is 17.5 Å². The lowest BCUT2D eigenvalue weighted by Crippen LogP contribution is -2.18. The second kappa shape index (κ2) is 8.41. The van der Waals surface area contributed by atoms with Gasteiger partial charge >= 0.3 is 0 Å². The van der Waals surface area contributed by atoms with E-state index in [-0.39, 0.29) is 12.0 Å². The van der Waals surface area contributed by atoms with Gasteiger partial charge in [-0.2, -0.15) is 4.98 Å². The summed E-state index contributed by atoms with van der Waals surface area (Å²) in [6, 6.07) is 15.2. The van der Waals surface area contributed by atoms with E-state index in [1.807, 2.05) is 47.0 Å². The number of hydrogen-bond donors (Lipinski definition) is 1. The number of aromatic amines is 1. The Balaban J connectivity index is 1.24. The normalized spacial score (nSPS) is 11.2. The van der Waals surface area contributed by atoms with Crippen LogP contribution in [0, 0.1) is 6.92 Å². The summed E-state index contributed by atoms with van der Waals surface area (Å²) in [4.78, 5) is 37.5. The van der Waals surface area contributed by atoms with E-state index in [9.17, 15) is 4.79 Å². The molecule has 5 aromatic heterocycles. The Bertz CT molecular complexity index is 1700. The van der Waals surface area contributed by atoms with Crippen molar-refractivity contribution in [3.05, 3.63) is 101 Å². The van der Waals surface area contributed by atoms with Crippen LogP contribution in [0.25, 0.3) is 39.6 Å². The standard InChI is InChI=1S/C25H18N8O2/c1-15-18(25(34)31-23(29-15)16-5-4-10-26-12-16)11-22-30-24(32-35-22)17-8-9-21(27-13-17)33-14-28-19-6-2-3-7-20(19)33/h2-10,12-14H,11H2,1H3,(H,29,31,34). The molecule has 0 saturated heterocycles. The van der Waals surface area contributed by atoms with Gasteiger partial charge in [-0.1, -0.05) is 17.3 Å². The average molecular weight is 462 g/mol. The first-order chi connectivity index (χ1) is 17.2. The van der Waals surface area contributed by atoms with Crippen LogP contribution in [0.1, 0.15) is 17.1 Å². The third-order valence-corrected chi connectivity index (χ3v) is 5.66. The summed E-state index contributed by atoms with van der Waals surface area (Å²) in [5.41, 5.74) is 4.10. The summed E-state index contributed by atoms with van der Waals surface area (Å²) in [7, 11) is 0. The summed E-state index contributed by atoms with van der Waals surface area (Å²) in [6.07, 6.45) is 6.91. The maximum atomic E-state index is 12.7. The Kier molecular flexibility index (Phi) is 4.95. The first-order valence-corrected chi connectivity index (χ1v) is 10.9. The molecule has 0 aliphatic heterocycles. The van der Waals surface area contributed by atoms with Gasteiger partial charge in [0.2, 0.25) is 11.7 Å². The third kappa shape index (κ3) is 3.86. The minimum absolute atomic E-state index is 0.168. The van der Waals surface area contributed by atoms with Crippen LogP contribution in [0.2, 0.25) is 0 Å². The number of nitrogens with zero attached hydrogens (tertiary/aromatic N) is 7. The van der Waals surface area contributed by atoms with Gasteiger partial charge < -0.3 is 9.51 Å². The van der Waals surface area contributed by atoms with Crippen LogP contribution in [-0.4, -0.2) is 39.6 Å². The van der Waals surface area contributed by atoms with Crippen molar-refractivity contribution in [3.8, 4) is 28.6 Å². The molecule has 6 aromatic rings. The highest BCUT2D eigenvalue weighted by Crippen LogP contribution is 2.21. The lowest BCUT2D eigenvalue weighted by molar-refractivity contribution is 0.385. The molecule has 0 amide bonds. The number of H-pyrrole nitrogens is 1. The zero-order valence-electron chi connectivity index (χ0n) is 18.6. The van der Waals surface area contributed by atoms with Crippen molar-refractivity contribution >= 4 is 11.0 Å². The molecule has 0 bridgehead atoms. The highest BCUT2D eigenvalue weighted by Gasteiger charge is 2.16. The highest BCUT2D eigenvalue weighted by molar-refractivity contribution is 5.76. The molecule has 6 rings (SSSR count). The van der Waals surface area contributed by atoms with Gasteiger partial charge in [-0.25, -0.2) is 15.0 Å². The molecular weight excluding hydrogens is 444 g/mol. The minimum atomic E-state index is -0.255. The third-order valence-electron chi connectivity index (χ3n) is 5.66. The number of benzene rings is 1. The second-order valence-electron chi connectivity index (χ2n) is 7.92. The summed E-state index contributed by atoms with van der Waals surface area (Å²) < 4.78 is 7.33. The molecule has 0 saturated carbocycles. The molecule has 0 unspecified atom stereocenters. The molecule has 35 heavy (non-hydrogen) atoms. The maximum Gasteiger partial charge on any atom is 0.255 e. The van der Waals surface area contributed by atoms with Gasteiger partial charge in [0.1, 0.15) is 18.0 Å². The molecule has 10 nitrogen and oxygen atoms in total. The van der Waals surface area contributed by atoms with Crippen LogP contribution < -0.4 is 5.56 Å². The van der Waals surface area contributed by atoms with Crippen molar-refractivity contribution in [1.82, 2.24) is 39.6 Å². The van der Waals surface area contributed by atoms with Crippen LogP contribution >= 0.6 is 0 Å². The van der Waals surface area contributed by atoms with Crippen molar-refractivity contribution in [2.45, 2.75) is 13.3 Å². The lowest BCUT2D eigenvalue weighted by atomic mass is 10.1. The molecule has 0 spiro atoms. The van der Waals surface area contributed by atoms with Crippen molar-refractivity contribution in [2.24, 2.45) is 0 Å². The topological polar surface area (TPSA) is 128 Å². The quantitative estimate of drug-likeness (QED) is 0.412. The zero-order chi connectivity index (χ0) is 23.8. The molecular formula is C25H18N8O2. The molecule has 0 fully saturated rings. The average Bonchev–Trinajstić information content (AvgIpc) is 3.54. The number of nitrogens with one attached hydrogen (secondary N) is 1. The molecule has 10 heteroatoms. The lowest BCUT2D eigenvalue weighted by Gasteiger charge is -2.05. The monoisotopic (exact) mass is 462 g/mol. The van der Waals surface area contributed by atoms with Crippen LogP contribution in [0.4, 0.5) is 0 Å². The number of aromatic nitrogens is 8. The molecule has 5 heterocycles. The van der Waals surface area contributed by atoms with E-state index in [0.717, 1.165) is 22.4 Å². The minimum Gasteiger partial charge on any atom is -0.339 e. The first-order valence-electron chi connectivity index (χ1n) is 10.9. The molecule has 170 valence electrons. The van der Waals surface area contributed by atoms with Gasteiger partial charge in [0.25, 0.3) is 5.56 Å². The smallest absolute Gasteiger partial charge is 0.255 e. The summed E-state index contributed by atoms with van der Waals surface area (Å²) in [6.45, 7) is 1.78. The Morgan fingerprint density at radius 3 is 2.69 bits per heavy atom. The summed E-state index contributed by atoms with van der Waals surface area (Å²) in [5, 5.41) is 4.06. The fourth-order valence-corrected chi connectivity index (χ4v) is 3.86. The number of imidazole rings is 1. The SMILES string of the molecule is Cc1nc(-c2cccnc2)[nH]c(=O)c1Cc1nc(-c2ccc(-n3cnc4ccccc43)nc2)no1. The molecule has 1 aromatic carbocycles. The van der Waals surface area contributed by atoms with Gasteiger partial charge in [0, 0.05) is 41.0 Å². The van der Waals surface area contributed by atoms with Crippen molar-refractivity contribution in [3.63, 3.8) is 0 Å². The van der Waals surface area contributed by atoms with Gasteiger partial charge in [-0.15, -0.1) is 0 Å². The molecule has 0 radical (unpaired) electrons. The van der Waals surface area contributed by atoms with Crippen LogP contribution in [0.15, 0.2) is 82.8 Å². The van der Waals surface area contributed by atoms with Gasteiger partial charge in [-0.05, 0) is 43.3 Å². The van der Waals surface area contributed by atoms with Gasteiger partial charge in [0.15, 0.2) is 0 Å². The van der Waals surface area contributed by atoms with E-state index < -0.39 is 0 Å². The summed E-state index contributed by atoms with van der Waals surface area (Å²) >= 11 is 0. The van der Waals surface area contributed by atoms with Crippen LogP contribution in [0.3, 0.4) is 0 Å². The molecule has 0 atom stereocenters. The fourth-order valence-electron chi connectivity index (χ4n) is 3.86. The number of rotatable bonds is 5. The summed E-state index contributed by atoms with van der Waals surface area (Å²) in [5.74, 6) is 1.90. The molecule has 0 aliphatic carbocycles. The predicted molar refractivity (Wildman–Crippen MR) is 128 cm³/mol. The van der Waals surface area contributed by atoms with Crippen LogP contribution in [-0.2, 0) is 6.42 Å². The molecule has 1 N–H and O–H groups in total. The van der Waals surface area contributed by atoms with Crippen LogP contribution in [0.5, 0.6) is 0 Å². The first kappa shape index (κ1) is 20.6. The van der Waals surface area contributed by atoms with E-state index in [2.05, 4.69) is 35.1 Å². The number of para-hydroxylation sites is 2. The number of aryl methyl sites for hydroxylation is 1. The Hall–Kier alpha value is -4.99. The number of fused-ring (bicyclic) bond motifs is 1. The van der Waals surface area contributed by atoms with E-state index >= 15 is 0 Å². The fraction of sp³-hybridized carbons (Fsp3) is 0.0800.